The first kappa shape index (κ1) is 21.6. The summed E-state index contributed by atoms with van der Waals surface area (Å²) in [5, 5.41) is 3.07. The molecule has 6 heteroatoms. The second-order valence-corrected chi connectivity index (χ2v) is 7.29. The summed E-state index contributed by atoms with van der Waals surface area (Å²) in [4.78, 5) is 15.8. The van der Waals surface area contributed by atoms with Crippen molar-refractivity contribution in [2.24, 2.45) is 0 Å². The largest absolute Gasteiger partial charge is 0.493 e. The Morgan fingerprint density at radius 2 is 1.68 bits per heavy atom. The minimum atomic E-state index is -0.0108. The molecule has 0 aromatic heterocycles. The van der Waals surface area contributed by atoms with E-state index in [0.717, 1.165) is 11.3 Å². The zero-order valence-electron chi connectivity index (χ0n) is 17.7. The fourth-order valence-corrected chi connectivity index (χ4v) is 3.11. The van der Waals surface area contributed by atoms with Gasteiger partial charge in [-0.15, -0.1) is 0 Å². The van der Waals surface area contributed by atoms with Gasteiger partial charge in [0.25, 0.3) is 0 Å². The molecule has 28 heavy (non-hydrogen) atoms. The van der Waals surface area contributed by atoms with Gasteiger partial charge in [0.15, 0.2) is 11.5 Å². The van der Waals surface area contributed by atoms with Crippen LogP contribution < -0.4 is 24.6 Å². The van der Waals surface area contributed by atoms with Gasteiger partial charge in [0.05, 0.1) is 41.3 Å². The maximum atomic E-state index is 12.5. The summed E-state index contributed by atoms with van der Waals surface area (Å²) in [6.07, 6.45) is 0.301. The van der Waals surface area contributed by atoms with Crippen LogP contribution in [0.3, 0.4) is 0 Å². The molecular formula is C22H32N3O3+. The molecular weight excluding hydrogens is 354 g/mol. The number of nitrogens with zero attached hydrogens (tertiary/aromatic N) is 1. The summed E-state index contributed by atoms with van der Waals surface area (Å²) in [5.74, 6) is 1.27. The van der Waals surface area contributed by atoms with E-state index < -0.39 is 0 Å². The highest BCUT2D eigenvalue weighted by Crippen LogP contribution is 2.27. The Bertz CT molecular complexity index is 773. The Kier molecular flexibility index (Phi) is 7.70. The summed E-state index contributed by atoms with van der Waals surface area (Å²) in [7, 11) is 11.4. The predicted octanol–water partition coefficient (Wildman–Crippen LogP) is 1.31. The number of methoxy groups -OCH3 is 2. The number of carbonyl (C=O) groups is 1. The first-order valence-electron chi connectivity index (χ1n) is 9.40. The number of nitrogens with one attached hydrogen (secondary N) is 2. The van der Waals surface area contributed by atoms with Gasteiger partial charge in [-0.05, 0) is 29.8 Å². The Morgan fingerprint density at radius 3 is 2.21 bits per heavy atom. The molecule has 152 valence electrons. The molecule has 0 spiro atoms. The fourth-order valence-electron chi connectivity index (χ4n) is 3.11. The fraction of sp³-hybridized carbons (Fsp3) is 0.409. The van der Waals surface area contributed by atoms with Crippen LogP contribution >= 0.6 is 0 Å². The molecule has 0 heterocycles. The number of carbonyl (C=O) groups excluding carboxylic acids is 1. The molecule has 2 N–H and O–H groups in total. The highest BCUT2D eigenvalue weighted by Gasteiger charge is 2.19. The van der Waals surface area contributed by atoms with Crippen LogP contribution in [0.5, 0.6) is 11.5 Å². The van der Waals surface area contributed by atoms with Gasteiger partial charge in [0.2, 0.25) is 5.91 Å². The van der Waals surface area contributed by atoms with E-state index in [-0.39, 0.29) is 11.9 Å². The van der Waals surface area contributed by atoms with E-state index in [1.54, 1.807) is 14.2 Å². The first-order chi connectivity index (χ1) is 13.3. The molecule has 2 aromatic carbocycles. The van der Waals surface area contributed by atoms with Crippen LogP contribution in [0.1, 0.15) is 17.2 Å². The van der Waals surface area contributed by atoms with Gasteiger partial charge in [-0.25, -0.2) is 0 Å². The molecule has 0 aliphatic heterocycles. The third-order valence-corrected chi connectivity index (χ3v) is 4.82. The highest BCUT2D eigenvalue weighted by molar-refractivity contribution is 5.78. The number of anilines is 1. The minimum Gasteiger partial charge on any atom is -0.493 e. The first-order valence-corrected chi connectivity index (χ1v) is 9.40. The van der Waals surface area contributed by atoms with Crippen LogP contribution in [0.15, 0.2) is 42.5 Å². The lowest BCUT2D eigenvalue weighted by molar-refractivity contribution is -0.890. The maximum absolute atomic E-state index is 12.5. The normalized spacial score (nSPS) is 11.8. The number of benzene rings is 2. The Morgan fingerprint density at radius 1 is 1.04 bits per heavy atom. The molecule has 0 saturated heterocycles. The van der Waals surface area contributed by atoms with E-state index >= 15 is 0 Å². The SMILES string of the molecule is COc1ccc(CC(=O)NC[C@H](c2ccc(N(C)C)cc2)[NH+](C)C)cc1OC. The molecule has 0 aliphatic rings. The molecule has 1 atom stereocenters. The van der Waals surface area contributed by atoms with Crippen molar-refractivity contribution in [1.82, 2.24) is 5.32 Å². The molecule has 1 amide bonds. The summed E-state index contributed by atoms with van der Waals surface area (Å²) >= 11 is 0. The Balaban J connectivity index is 2.00. The van der Waals surface area contributed by atoms with Gasteiger partial charge < -0.3 is 24.6 Å². The van der Waals surface area contributed by atoms with Crippen molar-refractivity contribution >= 4 is 11.6 Å². The number of amides is 1. The lowest BCUT2D eigenvalue weighted by Gasteiger charge is -2.23. The van der Waals surface area contributed by atoms with E-state index in [0.29, 0.717) is 24.5 Å². The van der Waals surface area contributed by atoms with E-state index in [4.69, 9.17) is 9.47 Å². The van der Waals surface area contributed by atoms with Crippen molar-refractivity contribution in [2.45, 2.75) is 12.5 Å². The van der Waals surface area contributed by atoms with E-state index in [9.17, 15) is 4.79 Å². The molecule has 0 aliphatic carbocycles. The summed E-state index contributed by atoms with van der Waals surface area (Å²) < 4.78 is 10.6. The van der Waals surface area contributed by atoms with Crippen molar-refractivity contribution in [3.05, 3.63) is 53.6 Å². The molecule has 0 fully saturated rings. The number of rotatable bonds is 9. The monoisotopic (exact) mass is 386 g/mol. The average Bonchev–Trinajstić information content (AvgIpc) is 2.68. The van der Waals surface area contributed by atoms with Crippen molar-refractivity contribution in [3.8, 4) is 11.5 Å². The predicted molar refractivity (Wildman–Crippen MR) is 113 cm³/mol. The third-order valence-electron chi connectivity index (χ3n) is 4.82. The molecule has 6 nitrogen and oxygen atoms in total. The van der Waals surface area contributed by atoms with Gasteiger partial charge in [-0.1, -0.05) is 18.2 Å². The van der Waals surface area contributed by atoms with E-state index in [1.165, 1.54) is 10.5 Å². The van der Waals surface area contributed by atoms with Crippen molar-refractivity contribution < 1.29 is 19.2 Å². The molecule has 0 radical (unpaired) electrons. The van der Waals surface area contributed by atoms with Crippen LogP contribution in [-0.4, -0.2) is 54.9 Å². The maximum Gasteiger partial charge on any atom is 0.224 e. The average molecular weight is 387 g/mol. The summed E-state index contributed by atoms with van der Waals surface area (Å²) in [6, 6.07) is 14.2. The third kappa shape index (κ3) is 5.63. The van der Waals surface area contributed by atoms with Gasteiger partial charge in [0.1, 0.15) is 6.04 Å². The number of quaternary nitrogens is 1. The van der Waals surface area contributed by atoms with Crippen LogP contribution in [0.2, 0.25) is 0 Å². The zero-order valence-corrected chi connectivity index (χ0v) is 17.7. The topological polar surface area (TPSA) is 55.2 Å². The molecule has 0 unspecified atom stereocenters. The van der Waals surface area contributed by atoms with Crippen LogP contribution in [0.25, 0.3) is 0 Å². The quantitative estimate of drug-likeness (QED) is 0.682. The van der Waals surface area contributed by atoms with Gasteiger partial charge in [-0.2, -0.15) is 0 Å². The van der Waals surface area contributed by atoms with Crippen LogP contribution in [0, 0.1) is 0 Å². The summed E-state index contributed by atoms with van der Waals surface area (Å²) in [5.41, 5.74) is 3.25. The second kappa shape index (κ2) is 9.99. The lowest BCUT2D eigenvalue weighted by Crippen LogP contribution is -3.07. The Labute approximate surface area is 168 Å². The van der Waals surface area contributed by atoms with Crippen LogP contribution in [0.4, 0.5) is 5.69 Å². The van der Waals surface area contributed by atoms with Crippen molar-refractivity contribution in [1.29, 1.82) is 0 Å². The Hall–Kier alpha value is -2.73. The second-order valence-electron chi connectivity index (χ2n) is 7.29. The highest BCUT2D eigenvalue weighted by atomic mass is 16.5. The van der Waals surface area contributed by atoms with Crippen LogP contribution in [-0.2, 0) is 11.2 Å². The molecule has 2 aromatic rings. The zero-order chi connectivity index (χ0) is 20.7. The molecule has 0 bridgehead atoms. The van der Waals surface area contributed by atoms with Gasteiger partial charge >= 0.3 is 0 Å². The number of ether oxygens (including phenoxy) is 2. The smallest absolute Gasteiger partial charge is 0.224 e. The standard InChI is InChI=1S/C22H31N3O3/c1-24(2)18-10-8-17(9-11-18)19(25(3)4)15-23-22(26)14-16-7-12-20(27-5)21(13-16)28-6/h7-13,19H,14-15H2,1-6H3,(H,23,26)/p+1/t19-/m1/s1. The van der Waals surface area contributed by atoms with E-state index in [2.05, 4.69) is 48.6 Å². The number of hydrogen-bond donors (Lipinski definition) is 2. The van der Waals surface area contributed by atoms with Crippen molar-refractivity contribution in [2.75, 3.05) is 53.9 Å². The molecule has 2 rings (SSSR count). The summed E-state index contributed by atoms with van der Waals surface area (Å²) in [6.45, 7) is 0.579. The lowest BCUT2D eigenvalue weighted by atomic mass is 10.0. The number of hydrogen-bond acceptors (Lipinski definition) is 4. The van der Waals surface area contributed by atoms with Gasteiger partial charge in [-0.3, -0.25) is 4.79 Å². The van der Waals surface area contributed by atoms with Crippen molar-refractivity contribution in [3.63, 3.8) is 0 Å². The van der Waals surface area contributed by atoms with E-state index in [1.807, 2.05) is 32.3 Å². The molecule has 0 saturated carbocycles. The van der Waals surface area contributed by atoms with Gasteiger partial charge in [0, 0.05) is 25.3 Å². The minimum absolute atomic E-state index is 0.0108. The number of likely N-dealkylation sites (N-methyl/N-ethyl adjacent to an activating group) is 1.